The van der Waals surface area contributed by atoms with E-state index in [-0.39, 0.29) is 12.2 Å². The Balaban J connectivity index is 2.37. The van der Waals surface area contributed by atoms with Crippen molar-refractivity contribution >= 4 is 28.1 Å². The first-order valence-corrected chi connectivity index (χ1v) is 6.42. The van der Waals surface area contributed by atoms with E-state index in [1.807, 2.05) is 12.3 Å². The van der Waals surface area contributed by atoms with E-state index >= 15 is 0 Å². The van der Waals surface area contributed by atoms with Gasteiger partial charge in [0.1, 0.15) is 5.01 Å². The summed E-state index contributed by atoms with van der Waals surface area (Å²) in [5, 5.41) is 11.1. The third kappa shape index (κ3) is 3.97. The Bertz CT molecular complexity index is 348. The summed E-state index contributed by atoms with van der Waals surface area (Å²) in [6.07, 6.45) is -0.0447. The van der Waals surface area contributed by atoms with Gasteiger partial charge in [-0.1, -0.05) is 0 Å². The molecule has 14 heavy (non-hydrogen) atoms. The molecule has 1 rings (SSSR count). The van der Waals surface area contributed by atoms with Crippen LogP contribution in [-0.2, 0) is 21.3 Å². The minimum atomic E-state index is -1.11. The molecule has 0 bridgehead atoms. The molecule has 0 radical (unpaired) electrons. The van der Waals surface area contributed by atoms with Crippen molar-refractivity contribution in [1.82, 2.24) is 4.98 Å². The normalized spacial score (nSPS) is 12.6. The maximum Gasteiger partial charge on any atom is 0.304 e. The number of aliphatic carboxylic acids is 1. The van der Waals surface area contributed by atoms with Crippen LogP contribution in [0.15, 0.2) is 5.38 Å². The topological polar surface area (TPSA) is 67.3 Å². The van der Waals surface area contributed by atoms with E-state index in [4.69, 9.17) is 5.11 Å². The average molecular weight is 233 g/mol. The Kier molecular flexibility index (Phi) is 4.21. The standard InChI is InChI=1S/C8H11NO3S2/c1-6-4-13-7(9-6)5-14(12)3-2-8(10)11/h4H,2-3,5H2,1H3,(H,10,11). The summed E-state index contributed by atoms with van der Waals surface area (Å²) in [6, 6.07) is 0. The van der Waals surface area contributed by atoms with Crippen LogP contribution in [0.3, 0.4) is 0 Å². The van der Waals surface area contributed by atoms with E-state index in [1.54, 1.807) is 0 Å². The Hall–Kier alpha value is -0.750. The minimum Gasteiger partial charge on any atom is -0.481 e. The molecule has 0 aliphatic rings. The number of nitrogens with zero attached hydrogens (tertiary/aromatic N) is 1. The molecule has 1 unspecified atom stereocenters. The summed E-state index contributed by atoms with van der Waals surface area (Å²) in [6.45, 7) is 1.88. The lowest BCUT2D eigenvalue weighted by Crippen LogP contribution is -2.06. The van der Waals surface area contributed by atoms with Crippen LogP contribution in [0, 0.1) is 6.92 Å². The monoisotopic (exact) mass is 233 g/mol. The lowest BCUT2D eigenvalue weighted by atomic mass is 10.5. The van der Waals surface area contributed by atoms with Gasteiger partial charge < -0.3 is 5.11 Å². The minimum absolute atomic E-state index is 0.0447. The van der Waals surface area contributed by atoms with Gasteiger partial charge in [0, 0.05) is 27.6 Å². The molecule has 0 aliphatic heterocycles. The number of carboxylic acids is 1. The highest BCUT2D eigenvalue weighted by Crippen LogP contribution is 2.11. The number of aromatic nitrogens is 1. The smallest absolute Gasteiger partial charge is 0.304 e. The molecule has 78 valence electrons. The van der Waals surface area contributed by atoms with Crippen LogP contribution in [0.1, 0.15) is 17.1 Å². The zero-order chi connectivity index (χ0) is 10.6. The van der Waals surface area contributed by atoms with Crippen molar-refractivity contribution in [3.05, 3.63) is 16.1 Å². The summed E-state index contributed by atoms with van der Waals surface area (Å²) < 4.78 is 11.3. The second-order valence-electron chi connectivity index (χ2n) is 2.81. The quantitative estimate of drug-likeness (QED) is 0.829. The van der Waals surface area contributed by atoms with Crippen molar-refractivity contribution < 1.29 is 14.1 Å². The second kappa shape index (κ2) is 5.21. The van der Waals surface area contributed by atoms with Gasteiger partial charge in [-0.05, 0) is 6.92 Å². The van der Waals surface area contributed by atoms with Gasteiger partial charge in [0.25, 0.3) is 0 Å². The molecule has 0 amide bonds. The maximum absolute atomic E-state index is 11.3. The van der Waals surface area contributed by atoms with Crippen LogP contribution >= 0.6 is 11.3 Å². The maximum atomic E-state index is 11.3. The van der Waals surface area contributed by atoms with Crippen molar-refractivity contribution in [3.63, 3.8) is 0 Å². The third-order valence-corrected chi connectivity index (χ3v) is 3.90. The number of aryl methyl sites for hydroxylation is 1. The van der Waals surface area contributed by atoms with Gasteiger partial charge in [-0.2, -0.15) is 0 Å². The van der Waals surface area contributed by atoms with Crippen LogP contribution in [0.2, 0.25) is 0 Å². The van der Waals surface area contributed by atoms with Crippen LogP contribution in [-0.4, -0.2) is 26.0 Å². The number of rotatable bonds is 5. The van der Waals surface area contributed by atoms with Crippen molar-refractivity contribution in [3.8, 4) is 0 Å². The highest BCUT2D eigenvalue weighted by molar-refractivity contribution is 7.84. The first kappa shape index (κ1) is 11.3. The molecule has 1 heterocycles. The zero-order valence-electron chi connectivity index (χ0n) is 7.73. The van der Waals surface area contributed by atoms with Crippen molar-refractivity contribution in [2.45, 2.75) is 19.1 Å². The molecule has 1 aromatic heterocycles. The molecule has 0 saturated carbocycles. The number of hydrogen-bond acceptors (Lipinski definition) is 4. The van der Waals surface area contributed by atoms with Crippen molar-refractivity contribution in [2.24, 2.45) is 0 Å². The van der Waals surface area contributed by atoms with E-state index in [1.165, 1.54) is 11.3 Å². The second-order valence-corrected chi connectivity index (χ2v) is 5.33. The zero-order valence-corrected chi connectivity index (χ0v) is 9.36. The largest absolute Gasteiger partial charge is 0.481 e. The Labute approximate surface area is 88.4 Å². The highest BCUT2D eigenvalue weighted by Gasteiger charge is 2.07. The number of thiazole rings is 1. The number of hydrogen-bond donors (Lipinski definition) is 1. The Morgan fingerprint density at radius 2 is 2.43 bits per heavy atom. The van der Waals surface area contributed by atoms with Gasteiger partial charge in [0.15, 0.2) is 0 Å². The Morgan fingerprint density at radius 1 is 1.71 bits per heavy atom. The molecule has 4 nitrogen and oxygen atoms in total. The van der Waals surface area contributed by atoms with E-state index in [0.717, 1.165) is 10.7 Å². The van der Waals surface area contributed by atoms with E-state index < -0.39 is 16.8 Å². The molecule has 0 fully saturated rings. The van der Waals surface area contributed by atoms with Gasteiger partial charge in [0.2, 0.25) is 0 Å². The summed E-state index contributed by atoms with van der Waals surface area (Å²) >= 11 is 1.46. The lowest BCUT2D eigenvalue weighted by molar-refractivity contribution is -0.136. The SMILES string of the molecule is Cc1csc(CS(=O)CCC(=O)O)n1. The van der Waals surface area contributed by atoms with Gasteiger partial charge >= 0.3 is 5.97 Å². The number of carbonyl (C=O) groups is 1. The van der Waals surface area contributed by atoms with Crippen molar-refractivity contribution in [2.75, 3.05) is 5.75 Å². The summed E-state index contributed by atoms with van der Waals surface area (Å²) in [5.74, 6) is -0.339. The molecular weight excluding hydrogens is 222 g/mol. The molecule has 1 aromatic rings. The summed E-state index contributed by atoms with van der Waals surface area (Å²) in [4.78, 5) is 14.4. The fraction of sp³-hybridized carbons (Fsp3) is 0.500. The van der Waals surface area contributed by atoms with Crippen LogP contribution in [0.25, 0.3) is 0 Å². The molecule has 0 aliphatic carbocycles. The van der Waals surface area contributed by atoms with E-state index in [2.05, 4.69) is 4.98 Å². The van der Waals surface area contributed by atoms with Gasteiger partial charge in [-0.3, -0.25) is 9.00 Å². The molecule has 6 heteroatoms. The number of carboxylic acid groups (broad SMARTS) is 1. The predicted octanol–water partition coefficient (Wildman–Crippen LogP) is 1.17. The van der Waals surface area contributed by atoms with Gasteiger partial charge in [-0.15, -0.1) is 11.3 Å². The van der Waals surface area contributed by atoms with E-state index in [9.17, 15) is 9.00 Å². The summed E-state index contributed by atoms with van der Waals surface area (Å²) in [7, 11) is -1.11. The van der Waals surface area contributed by atoms with Crippen LogP contribution < -0.4 is 0 Å². The molecular formula is C8H11NO3S2. The molecule has 1 atom stereocenters. The molecule has 1 N–H and O–H groups in total. The lowest BCUT2D eigenvalue weighted by Gasteiger charge is -1.96. The average Bonchev–Trinajstić information content (AvgIpc) is 2.48. The third-order valence-electron chi connectivity index (χ3n) is 1.49. The molecule has 0 spiro atoms. The Morgan fingerprint density at radius 3 is 2.93 bits per heavy atom. The predicted molar refractivity (Wildman–Crippen MR) is 55.8 cm³/mol. The molecule has 0 aromatic carbocycles. The van der Waals surface area contributed by atoms with E-state index in [0.29, 0.717) is 5.75 Å². The van der Waals surface area contributed by atoms with Crippen LogP contribution in [0.5, 0.6) is 0 Å². The summed E-state index contributed by atoms with van der Waals surface area (Å²) in [5.41, 5.74) is 0.917. The first-order valence-electron chi connectivity index (χ1n) is 4.05. The molecule has 0 saturated heterocycles. The van der Waals surface area contributed by atoms with Crippen molar-refractivity contribution in [1.29, 1.82) is 0 Å². The first-order chi connectivity index (χ1) is 6.58. The van der Waals surface area contributed by atoms with Gasteiger partial charge in [0.05, 0.1) is 12.2 Å². The van der Waals surface area contributed by atoms with Gasteiger partial charge in [-0.25, -0.2) is 4.98 Å². The highest BCUT2D eigenvalue weighted by atomic mass is 32.2. The fourth-order valence-electron chi connectivity index (χ4n) is 0.880. The van der Waals surface area contributed by atoms with Crippen LogP contribution in [0.4, 0.5) is 0 Å². The fourth-order valence-corrected chi connectivity index (χ4v) is 2.99.